The van der Waals surface area contributed by atoms with Crippen molar-refractivity contribution in [3.8, 4) is 0 Å². The van der Waals surface area contributed by atoms with Crippen LogP contribution < -0.4 is 5.73 Å². The Balaban J connectivity index is 1.71. The fourth-order valence-corrected chi connectivity index (χ4v) is 2.85. The average Bonchev–Trinajstić information content (AvgIpc) is 3.04. The van der Waals surface area contributed by atoms with E-state index in [1.807, 2.05) is 0 Å². The van der Waals surface area contributed by atoms with Gasteiger partial charge >= 0.3 is 0 Å². The number of nitrogens with zero attached hydrogens (tertiary/aromatic N) is 3. The molecule has 112 valence electrons. The van der Waals surface area contributed by atoms with Gasteiger partial charge in [0.2, 0.25) is 11.7 Å². The number of aromatic nitrogens is 2. The first kappa shape index (κ1) is 14.0. The molecule has 2 N–H and O–H groups in total. The predicted molar refractivity (Wildman–Crippen MR) is 74.0 cm³/mol. The van der Waals surface area contributed by atoms with Crippen LogP contribution in [0.2, 0.25) is 0 Å². The van der Waals surface area contributed by atoms with Gasteiger partial charge in [0.1, 0.15) is 6.10 Å². The van der Waals surface area contributed by atoms with Gasteiger partial charge in [0.25, 0.3) is 0 Å². The van der Waals surface area contributed by atoms with Gasteiger partial charge in [0, 0.05) is 12.6 Å². The lowest BCUT2D eigenvalue weighted by Crippen LogP contribution is -2.42. The fourth-order valence-electron chi connectivity index (χ4n) is 2.85. The molecular weight excluding hydrogens is 256 g/mol. The second-order valence-corrected chi connectivity index (χ2v) is 6.95. The molecule has 1 aromatic rings. The molecule has 3 rings (SSSR count). The maximum absolute atomic E-state index is 6.15. The van der Waals surface area contributed by atoms with Crippen LogP contribution in [0, 0.1) is 5.41 Å². The number of morpholine rings is 1. The van der Waals surface area contributed by atoms with E-state index in [1.54, 1.807) is 0 Å². The zero-order valence-corrected chi connectivity index (χ0v) is 12.5. The SMILES string of the molecule is CC(C)(C)C(N)c1nc(C2CN3CCCC3CO2)no1. The van der Waals surface area contributed by atoms with Crippen LogP contribution in [0.4, 0.5) is 0 Å². The van der Waals surface area contributed by atoms with Crippen molar-refractivity contribution >= 4 is 0 Å². The number of rotatable bonds is 2. The first-order chi connectivity index (χ1) is 9.45. The van der Waals surface area contributed by atoms with Crippen LogP contribution in [0.25, 0.3) is 0 Å². The number of nitrogens with two attached hydrogens (primary N) is 1. The summed E-state index contributed by atoms with van der Waals surface area (Å²) < 4.78 is 11.2. The van der Waals surface area contributed by atoms with Crippen molar-refractivity contribution in [3.63, 3.8) is 0 Å². The number of hydrogen-bond acceptors (Lipinski definition) is 6. The zero-order valence-electron chi connectivity index (χ0n) is 12.5. The van der Waals surface area contributed by atoms with Gasteiger partial charge < -0.3 is 15.0 Å². The maximum atomic E-state index is 6.15. The van der Waals surface area contributed by atoms with Gasteiger partial charge in [0.05, 0.1) is 12.6 Å². The smallest absolute Gasteiger partial charge is 0.244 e. The van der Waals surface area contributed by atoms with Crippen LogP contribution in [0.1, 0.15) is 57.5 Å². The van der Waals surface area contributed by atoms with Crippen molar-refractivity contribution in [2.75, 3.05) is 19.7 Å². The standard InChI is InChI=1S/C14H24N4O2/c1-14(2,3)11(15)13-16-12(17-20-13)10-7-18-6-4-5-9(18)8-19-10/h9-11H,4-8,15H2,1-3H3. The third-order valence-electron chi connectivity index (χ3n) is 4.33. The molecule has 3 heterocycles. The maximum Gasteiger partial charge on any atom is 0.244 e. The molecule has 0 bridgehead atoms. The van der Waals surface area contributed by atoms with E-state index in [4.69, 9.17) is 15.0 Å². The minimum atomic E-state index is -0.258. The minimum Gasteiger partial charge on any atom is -0.367 e. The third kappa shape index (κ3) is 2.60. The molecule has 3 atom stereocenters. The van der Waals surface area contributed by atoms with Gasteiger partial charge in [-0.2, -0.15) is 4.98 Å². The quantitative estimate of drug-likeness (QED) is 0.887. The number of ether oxygens (including phenoxy) is 1. The summed E-state index contributed by atoms with van der Waals surface area (Å²) in [6.07, 6.45) is 2.40. The Morgan fingerprint density at radius 3 is 2.95 bits per heavy atom. The van der Waals surface area contributed by atoms with Gasteiger partial charge in [-0.1, -0.05) is 25.9 Å². The van der Waals surface area contributed by atoms with Gasteiger partial charge in [-0.05, 0) is 24.8 Å². The molecule has 0 spiro atoms. The summed E-state index contributed by atoms with van der Waals surface area (Å²) in [5.74, 6) is 1.13. The molecule has 0 saturated carbocycles. The van der Waals surface area contributed by atoms with Crippen LogP contribution in [0.5, 0.6) is 0 Å². The fraction of sp³-hybridized carbons (Fsp3) is 0.857. The first-order valence-corrected chi connectivity index (χ1v) is 7.40. The molecule has 0 aromatic carbocycles. The van der Waals surface area contributed by atoms with E-state index < -0.39 is 0 Å². The molecular formula is C14H24N4O2. The predicted octanol–water partition coefficient (Wildman–Crippen LogP) is 1.65. The lowest BCUT2D eigenvalue weighted by molar-refractivity contribution is -0.0548. The van der Waals surface area contributed by atoms with Crippen LogP contribution >= 0.6 is 0 Å². The second kappa shape index (κ2) is 5.09. The molecule has 1 aromatic heterocycles. The molecule has 2 fully saturated rings. The van der Waals surface area contributed by atoms with Crippen LogP contribution in [0.3, 0.4) is 0 Å². The molecule has 20 heavy (non-hydrogen) atoms. The topological polar surface area (TPSA) is 77.4 Å². The van der Waals surface area contributed by atoms with E-state index in [9.17, 15) is 0 Å². The Bertz CT molecular complexity index is 468. The number of fused-ring (bicyclic) bond motifs is 1. The van der Waals surface area contributed by atoms with Crippen LogP contribution in [-0.4, -0.2) is 40.8 Å². The normalized spacial score (nSPS) is 29.4. The lowest BCUT2D eigenvalue weighted by atomic mass is 9.87. The van der Waals surface area contributed by atoms with E-state index in [0.29, 0.717) is 17.8 Å². The van der Waals surface area contributed by atoms with E-state index >= 15 is 0 Å². The monoisotopic (exact) mass is 280 g/mol. The van der Waals surface area contributed by atoms with Crippen molar-refractivity contribution in [3.05, 3.63) is 11.7 Å². The summed E-state index contributed by atoms with van der Waals surface area (Å²) in [5.41, 5.74) is 6.05. The highest BCUT2D eigenvalue weighted by atomic mass is 16.5. The lowest BCUT2D eigenvalue weighted by Gasteiger charge is -2.33. The molecule has 0 radical (unpaired) electrons. The Morgan fingerprint density at radius 2 is 2.20 bits per heavy atom. The van der Waals surface area contributed by atoms with Gasteiger partial charge in [0.15, 0.2) is 0 Å². The molecule has 3 unspecified atom stereocenters. The molecule has 2 saturated heterocycles. The molecule has 2 aliphatic heterocycles. The molecule has 2 aliphatic rings. The Morgan fingerprint density at radius 1 is 1.40 bits per heavy atom. The largest absolute Gasteiger partial charge is 0.367 e. The van der Waals surface area contributed by atoms with E-state index in [0.717, 1.165) is 19.7 Å². The Labute approximate surface area is 119 Å². The van der Waals surface area contributed by atoms with E-state index in [-0.39, 0.29) is 17.6 Å². The summed E-state index contributed by atoms with van der Waals surface area (Å²) in [7, 11) is 0. The summed E-state index contributed by atoms with van der Waals surface area (Å²) >= 11 is 0. The van der Waals surface area contributed by atoms with Gasteiger partial charge in [-0.15, -0.1) is 0 Å². The van der Waals surface area contributed by atoms with E-state index in [1.165, 1.54) is 12.8 Å². The first-order valence-electron chi connectivity index (χ1n) is 7.40. The highest BCUT2D eigenvalue weighted by molar-refractivity contribution is 5.01. The van der Waals surface area contributed by atoms with Crippen molar-refractivity contribution < 1.29 is 9.26 Å². The van der Waals surface area contributed by atoms with Gasteiger partial charge in [-0.25, -0.2) is 0 Å². The highest BCUT2D eigenvalue weighted by Gasteiger charge is 2.36. The van der Waals surface area contributed by atoms with Crippen molar-refractivity contribution in [1.29, 1.82) is 0 Å². The third-order valence-corrected chi connectivity index (χ3v) is 4.33. The minimum absolute atomic E-state index is 0.0889. The van der Waals surface area contributed by atoms with E-state index in [2.05, 4.69) is 35.8 Å². The molecule has 6 nitrogen and oxygen atoms in total. The average molecular weight is 280 g/mol. The Kier molecular flexibility index (Phi) is 3.56. The molecule has 0 aliphatic carbocycles. The molecule has 0 amide bonds. The van der Waals surface area contributed by atoms with Gasteiger partial charge in [-0.3, -0.25) is 4.90 Å². The highest BCUT2D eigenvalue weighted by Crippen LogP contribution is 2.32. The summed E-state index contributed by atoms with van der Waals surface area (Å²) in [6, 6.07) is 0.321. The summed E-state index contributed by atoms with van der Waals surface area (Å²) in [4.78, 5) is 6.93. The molecule has 6 heteroatoms. The Hall–Kier alpha value is -0.980. The van der Waals surface area contributed by atoms with Crippen LogP contribution in [0.15, 0.2) is 4.52 Å². The van der Waals surface area contributed by atoms with Crippen LogP contribution in [-0.2, 0) is 4.74 Å². The van der Waals surface area contributed by atoms with Crippen molar-refractivity contribution in [2.45, 2.75) is 51.8 Å². The number of hydrogen-bond donors (Lipinski definition) is 1. The zero-order chi connectivity index (χ0) is 14.3. The summed E-state index contributed by atoms with van der Waals surface area (Å²) in [6.45, 7) is 8.96. The van der Waals surface area contributed by atoms with Crippen molar-refractivity contribution in [1.82, 2.24) is 15.0 Å². The van der Waals surface area contributed by atoms with Crippen molar-refractivity contribution in [2.24, 2.45) is 11.1 Å². The second-order valence-electron chi connectivity index (χ2n) is 6.95. The summed E-state index contributed by atoms with van der Waals surface area (Å²) in [5, 5.41) is 4.07.